The summed E-state index contributed by atoms with van der Waals surface area (Å²) in [5, 5.41) is 0.746. The average Bonchev–Trinajstić information content (AvgIpc) is 2.85. The first-order valence-electron chi connectivity index (χ1n) is 5.64. The number of ether oxygens (including phenoxy) is 2. The summed E-state index contributed by atoms with van der Waals surface area (Å²) < 4.78 is 10.6. The van der Waals surface area contributed by atoms with Crippen LogP contribution < -0.4 is 9.47 Å². The predicted octanol–water partition coefficient (Wildman–Crippen LogP) is 4.24. The third kappa shape index (κ3) is 2.34. The minimum absolute atomic E-state index is 0.305. The zero-order chi connectivity index (χ0) is 12.4. The molecule has 3 rings (SSSR count). The lowest BCUT2D eigenvalue weighted by Gasteiger charge is -1.98. The van der Waals surface area contributed by atoms with Crippen LogP contribution in [0, 0.1) is 0 Å². The maximum atomic E-state index is 5.84. The first-order chi connectivity index (χ1) is 8.81. The molecule has 0 saturated heterocycles. The van der Waals surface area contributed by atoms with Crippen molar-refractivity contribution in [3.8, 4) is 11.5 Å². The van der Waals surface area contributed by atoms with E-state index in [1.165, 1.54) is 0 Å². The highest BCUT2D eigenvalue weighted by molar-refractivity contribution is 6.30. The molecular weight excluding hydrogens is 248 g/mol. The maximum absolute atomic E-state index is 5.84. The van der Waals surface area contributed by atoms with Crippen molar-refractivity contribution >= 4 is 23.8 Å². The van der Waals surface area contributed by atoms with Gasteiger partial charge in [0.1, 0.15) is 0 Å². The Hall–Kier alpha value is -1.93. The predicted molar refractivity (Wildman–Crippen MR) is 72.9 cm³/mol. The van der Waals surface area contributed by atoms with Gasteiger partial charge in [-0.15, -0.1) is 0 Å². The van der Waals surface area contributed by atoms with Crippen molar-refractivity contribution in [2.24, 2.45) is 0 Å². The van der Waals surface area contributed by atoms with Gasteiger partial charge >= 0.3 is 0 Å². The van der Waals surface area contributed by atoms with E-state index in [-0.39, 0.29) is 0 Å². The molecule has 0 radical (unpaired) electrons. The van der Waals surface area contributed by atoms with Crippen LogP contribution in [0.15, 0.2) is 42.5 Å². The third-order valence-electron chi connectivity index (χ3n) is 2.73. The molecular formula is C15H11ClO2. The summed E-state index contributed by atoms with van der Waals surface area (Å²) in [5.74, 6) is 1.60. The second-order valence-electron chi connectivity index (χ2n) is 4.00. The molecule has 0 N–H and O–H groups in total. The SMILES string of the molecule is Clc1ccc(C=Cc2ccc3c(c2)OCO3)cc1. The molecule has 0 bridgehead atoms. The molecule has 2 nitrogen and oxygen atoms in total. The van der Waals surface area contributed by atoms with Gasteiger partial charge in [-0.3, -0.25) is 0 Å². The molecule has 0 saturated carbocycles. The summed E-state index contributed by atoms with van der Waals surface area (Å²) in [4.78, 5) is 0. The Labute approximate surface area is 110 Å². The van der Waals surface area contributed by atoms with Gasteiger partial charge in [-0.05, 0) is 35.4 Å². The van der Waals surface area contributed by atoms with Crippen LogP contribution in [-0.2, 0) is 0 Å². The van der Waals surface area contributed by atoms with Crippen LogP contribution in [0.4, 0.5) is 0 Å². The maximum Gasteiger partial charge on any atom is 0.231 e. The lowest BCUT2D eigenvalue weighted by molar-refractivity contribution is 0.174. The van der Waals surface area contributed by atoms with Crippen molar-refractivity contribution in [2.45, 2.75) is 0 Å². The van der Waals surface area contributed by atoms with E-state index in [0.717, 1.165) is 27.6 Å². The summed E-state index contributed by atoms with van der Waals surface area (Å²) in [5.41, 5.74) is 2.19. The van der Waals surface area contributed by atoms with E-state index >= 15 is 0 Å². The smallest absolute Gasteiger partial charge is 0.231 e. The Morgan fingerprint density at radius 2 is 1.50 bits per heavy atom. The normalized spacial score (nSPS) is 13.2. The molecule has 1 heterocycles. The van der Waals surface area contributed by atoms with Crippen molar-refractivity contribution < 1.29 is 9.47 Å². The van der Waals surface area contributed by atoms with Gasteiger partial charge in [-0.1, -0.05) is 42.0 Å². The van der Waals surface area contributed by atoms with Crippen LogP contribution in [-0.4, -0.2) is 6.79 Å². The van der Waals surface area contributed by atoms with Crippen LogP contribution in [0.1, 0.15) is 11.1 Å². The average molecular weight is 259 g/mol. The third-order valence-corrected chi connectivity index (χ3v) is 2.99. The van der Waals surface area contributed by atoms with Gasteiger partial charge in [0, 0.05) is 5.02 Å². The van der Waals surface area contributed by atoms with Gasteiger partial charge in [0.25, 0.3) is 0 Å². The Kier molecular flexibility index (Phi) is 2.95. The van der Waals surface area contributed by atoms with Crippen LogP contribution in [0.25, 0.3) is 12.2 Å². The molecule has 0 spiro atoms. The molecule has 90 valence electrons. The summed E-state index contributed by atoms with van der Waals surface area (Å²) in [6.07, 6.45) is 4.07. The lowest BCUT2D eigenvalue weighted by atomic mass is 10.1. The number of hydrogen-bond donors (Lipinski definition) is 0. The number of hydrogen-bond acceptors (Lipinski definition) is 2. The summed E-state index contributed by atoms with van der Waals surface area (Å²) in [6, 6.07) is 13.6. The van der Waals surface area contributed by atoms with E-state index in [2.05, 4.69) is 0 Å². The fraction of sp³-hybridized carbons (Fsp3) is 0.0667. The minimum Gasteiger partial charge on any atom is -0.454 e. The van der Waals surface area contributed by atoms with Crippen molar-refractivity contribution in [2.75, 3.05) is 6.79 Å². The van der Waals surface area contributed by atoms with E-state index in [0.29, 0.717) is 6.79 Å². The lowest BCUT2D eigenvalue weighted by Crippen LogP contribution is -1.92. The van der Waals surface area contributed by atoms with E-state index in [4.69, 9.17) is 21.1 Å². The van der Waals surface area contributed by atoms with Gasteiger partial charge in [-0.2, -0.15) is 0 Å². The molecule has 0 amide bonds. The second-order valence-corrected chi connectivity index (χ2v) is 4.43. The molecule has 0 aromatic heterocycles. The quantitative estimate of drug-likeness (QED) is 0.750. The number of halogens is 1. The highest BCUT2D eigenvalue weighted by Gasteiger charge is 2.11. The van der Waals surface area contributed by atoms with Crippen LogP contribution in [0.2, 0.25) is 5.02 Å². The van der Waals surface area contributed by atoms with E-state index < -0.39 is 0 Å². The van der Waals surface area contributed by atoms with E-state index in [1.54, 1.807) is 0 Å². The summed E-state index contributed by atoms with van der Waals surface area (Å²) >= 11 is 5.84. The zero-order valence-corrected chi connectivity index (χ0v) is 10.4. The Morgan fingerprint density at radius 1 is 0.833 bits per heavy atom. The number of fused-ring (bicyclic) bond motifs is 1. The second kappa shape index (κ2) is 4.75. The highest BCUT2D eigenvalue weighted by atomic mass is 35.5. The van der Waals surface area contributed by atoms with Crippen molar-refractivity contribution in [3.63, 3.8) is 0 Å². The number of rotatable bonds is 2. The molecule has 0 aliphatic carbocycles. The highest BCUT2D eigenvalue weighted by Crippen LogP contribution is 2.32. The largest absolute Gasteiger partial charge is 0.454 e. The summed E-state index contributed by atoms with van der Waals surface area (Å²) in [6.45, 7) is 0.305. The van der Waals surface area contributed by atoms with Gasteiger partial charge < -0.3 is 9.47 Å². The van der Waals surface area contributed by atoms with E-state index in [9.17, 15) is 0 Å². The fourth-order valence-corrected chi connectivity index (χ4v) is 1.91. The Balaban J connectivity index is 1.82. The van der Waals surface area contributed by atoms with Gasteiger partial charge in [0.15, 0.2) is 11.5 Å². The fourth-order valence-electron chi connectivity index (χ4n) is 1.78. The Bertz CT molecular complexity index is 588. The van der Waals surface area contributed by atoms with Gasteiger partial charge in [0.2, 0.25) is 6.79 Å². The molecule has 1 aliphatic heterocycles. The van der Waals surface area contributed by atoms with Crippen molar-refractivity contribution in [3.05, 3.63) is 58.6 Å². The molecule has 18 heavy (non-hydrogen) atoms. The van der Waals surface area contributed by atoms with E-state index in [1.807, 2.05) is 54.6 Å². The van der Waals surface area contributed by atoms with Crippen molar-refractivity contribution in [1.82, 2.24) is 0 Å². The van der Waals surface area contributed by atoms with Gasteiger partial charge in [0.05, 0.1) is 0 Å². The molecule has 1 aliphatic rings. The molecule has 0 atom stereocenters. The van der Waals surface area contributed by atoms with Crippen LogP contribution in [0.3, 0.4) is 0 Å². The summed E-state index contributed by atoms with van der Waals surface area (Å²) in [7, 11) is 0. The molecule has 3 heteroatoms. The van der Waals surface area contributed by atoms with Crippen LogP contribution in [0.5, 0.6) is 11.5 Å². The van der Waals surface area contributed by atoms with Crippen LogP contribution >= 0.6 is 11.6 Å². The standard InChI is InChI=1S/C15H11ClO2/c16-13-6-3-11(4-7-13)1-2-12-5-8-14-15(9-12)18-10-17-14/h1-9H,10H2. The first-order valence-corrected chi connectivity index (χ1v) is 6.02. The van der Waals surface area contributed by atoms with Crippen molar-refractivity contribution in [1.29, 1.82) is 0 Å². The first kappa shape index (κ1) is 11.2. The topological polar surface area (TPSA) is 18.5 Å². The number of benzene rings is 2. The molecule has 2 aromatic rings. The Morgan fingerprint density at radius 3 is 2.33 bits per heavy atom. The molecule has 0 fully saturated rings. The minimum atomic E-state index is 0.305. The molecule has 0 unspecified atom stereocenters. The monoisotopic (exact) mass is 258 g/mol. The zero-order valence-electron chi connectivity index (χ0n) is 9.60. The molecule has 2 aromatic carbocycles. The van der Waals surface area contributed by atoms with Gasteiger partial charge in [-0.25, -0.2) is 0 Å².